The lowest BCUT2D eigenvalue weighted by Gasteiger charge is -2.34. The predicted octanol–water partition coefficient (Wildman–Crippen LogP) is 2.57. The van der Waals surface area contributed by atoms with Crippen LogP contribution >= 0.6 is 31.9 Å². The van der Waals surface area contributed by atoms with E-state index in [9.17, 15) is 8.42 Å². The molecular weight excluding hydrogens is 396 g/mol. The molecule has 0 amide bonds. The van der Waals surface area contributed by atoms with Gasteiger partial charge in [0.1, 0.15) is 0 Å². The first kappa shape index (κ1) is 15.4. The van der Waals surface area contributed by atoms with Gasteiger partial charge in [0.2, 0.25) is 10.0 Å². The van der Waals surface area contributed by atoms with Gasteiger partial charge in [-0.05, 0) is 46.5 Å². The van der Waals surface area contributed by atoms with Gasteiger partial charge < -0.3 is 5.73 Å². The van der Waals surface area contributed by atoms with E-state index >= 15 is 0 Å². The molecule has 1 fully saturated rings. The number of piperidine rings is 1. The van der Waals surface area contributed by atoms with Crippen molar-refractivity contribution >= 4 is 41.9 Å². The van der Waals surface area contributed by atoms with Gasteiger partial charge in [0.05, 0.1) is 4.90 Å². The van der Waals surface area contributed by atoms with Crippen molar-refractivity contribution in [2.24, 2.45) is 11.7 Å². The molecule has 1 aliphatic heterocycles. The summed E-state index contributed by atoms with van der Waals surface area (Å²) in [5.74, 6) is 0.361. The van der Waals surface area contributed by atoms with E-state index in [-0.39, 0.29) is 10.9 Å². The van der Waals surface area contributed by atoms with Gasteiger partial charge in [-0.15, -0.1) is 0 Å². The Bertz CT molecular complexity index is 577. The summed E-state index contributed by atoms with van der Waals surface area (Å²) >= 11 is 6.63. The highest BCUT2D eigenvalue weighted by atomic mass is 79.9. The lowest BCUT2D eigenvalue weighted by molar-refractivity contribution is 0.253. The summed E-state index contributed by atoms with van der Waals surface area (Å²) in [6.07, 6.45) is 0.800. The van der Waals surface area contributed by atoms with Crippen molar-refractivity contribution in [2.75, 3.05) is 13.1 Å². The van der Waals surface area contributed by atoms with Crippen LogP contribution in [0.15, 0.2) is 32.0 Å². The second-order valence-electron chi connectivity index (χ2n) is 4.87. The van der Waals surface area contributed by atoms with Crippen molar-refractivity contribution in [3.8, 4) is 0 Å². The Morgan fingerprint density at radius 1 is 1.37 bits per heavy atom. The maximum absolute atomic E-state index is 12.6. The van der Waals surface area contributed by atoms with Crippen LogP contribution in [0.4, 0.5) is 0 Å². The number of hydrogen-bond acceptors (Lipinski definition) is 3. The normalized spacial score (nSPS) is 25.5. The van der Waals surface area contributed by atoms with E-state index in [2.05, 4.69) is 38.8 Å². The molecule has 106 valence electrons. The molecule has 0 aromatic heterocycles. The first-order valence-corrected chi connectivity index (χ1v) is 9.06. The minimum atomic E-state index is -3.48. The van der Waals surface area contributed by atoms with Gasteiger partial charge in [-0.1, -0.05) is 22.9 Å². The molecule has 2 atom stereocenters. The molecule has 1 aliphatic rings. The highest BCUT2D eigenvalue weighted by Gasteiger charge is 2.33. The SMILES string of the molecule is CC1CCN(S(=O)(=O)c2ccc(Br)cc2Br)CC1N. The van der Waals surface area contributed by atoms with E-state index in [0.717, 1.165) is 10.9 Å². The van der Waals surface area contributed by atoms with Crippen LogP contribution in [0.2, 0.25) is 0 Å². The molecule has 0 saturated carbocycles. The van der Waals surface area contributed by atoms with Crippen molar-refractivity contribution in [3.05, 3.63) is 27.1 Å². The Hall–Kier alpha value is 0.0500. The standard InChI is InChI=1S/C12H16Br2N2O2S/c1-8-4-5-16(7-11(8)15)19(17,18)12-3-2-9(13)6-10(12)14/h2-3,6,8,11H,4-5,7,15H2,1H3. The average molecular weight is 412 g/mol. The Balaban J connectivity index is 2.32. The number of nitrogens with zero attached hydrogens (tertiary/aromatic N) is 1. The van der Waals surface area contributed by atoms with Crippen LogP contribution in [0.1, 0.15) is 13.3 Å². The average Bonchev–Trinajstić information content (AvgIpc) is 2.32. The van der Waals surface area contributed by atoms with Crippen molar-refractivity contribution in [1.82, 2.24) is 4.31 Å². The molecule has 0 radical (unpaired) electrons. The summed E-state index contributed by atoms with van der Waals surface area (Å²) in [6, 6.07) is 4.97. The summed E-state index contributed by atoms with van der Waals surface area (Å²) in [4.78, 5) is 0.289. The number of nitrogens with two attached hydrogens (primary N) is 1. The van der Waals surface area contributed by atoms with Crippen LogP contribution < -0.4 is 5.73 Å². The van der Waals surface area contributed by atoms with E-state index in [4.69, 9.17) is 5.73 Å². The molecule has 2 N–H and O–H groups in total. The molecule has 0 aliphatic carbocycles. The lowest BCUT2D eigenvalue weighted by atomic mass is 9.96. The summed E-state index contributed by atoms with van der Waals surface area (Å²) in [6.45, 7) is 2.97. The quantitative estimate of drug-likeness (QED) is 0.813. The maximum atomic E-state index is 12.6. The van der Waals surface area contributed by atoms with Crippen LogP contribution in [0.25, 0.3) is 0 Å². The van der Waals surface area contributed by atoms with Gasteiger partial charge >= 0.3 is 0 Å². The zero-order valence-electron chi connectivity index (χ0n) is 10.5. The molecule has 0 spiro atoms. The van der Waals surface area contributed by atoms with E-state index in [1.165, 1.54) is 4.31 Å². The highest BCUT2D eigenvalue weighted by molar-refractivity contribution is 9.11. The van der Waals surface area contributed by atoms with Crippen LogP contribution in [0.3, 0.4) is 0 Å². The molecule has 4 nitrogen and oxygen atoms in total. The van der Waals surface area contributed by atoms with Crippen molar-refractivity contribution < 1.29 is 8.42 Å². The Kier molecular flexibility index (Phi) is 4.72. The Labute approximate surface area is 130 Å². The third-order valence-electron chi connectivity index (χ3n) is 3.49. The zero-order chi connectivity index (χ0) is 14.2. The van der Waals surface area contributed by atoms with E-state index < -0.39 is 10.0 Å². The van der Waals surface area contributed by atoms with Crippen molar-refractivity contribution in [2.45, 2.75) is 24.3 Å². The molecule has 1 aromatic carbocycles. The number of benzene rings is 1. The number of sulfonamides is 1. The molecule has 0 bridgehead atoms. The molecule has 2 unspecified atom stereocenters. The van der Waals surface area contributed by atoms with Crippen molar-refractivity contribution in [1.29, 1.82) is 0 Å². The van der Waals surface area contributed by atoms with Gasteiger partial charge in [0.25, 0.3) is 0 Å². The minimum Gasteiger partial charge on any atom is -0.326 e. The lowest BCUT2D eigenvalue weighted by Crippen LogP contribution is -2.49. The fourth-order valence-corrected chi connectivity index (χ4v) is 5.31. The number of halogens is 2. The van der Waals surface area contributed by atoms with Crippen LogP contribution in [-0.4, -0.2) is 31.9 Å². The molecule has 1 heterocycles. The molecule has 1 aromatic rings. The fraction of sp³-hybridized carbons (Fsp3) is 0.500. The summed E-state index contributed by atoms with van der Waals surface area (Å²) in [5.41, 5.74) is 5.98. The third-order valence-corrected chi connectivity index (χ3v) is 6.83. The maximum Gasteiger partial charge on any atom is 0.244 e. The zero-order valence-corrected chi connectivity index (χ0v) is 14.5. The van der Waals surface area contributed by atoms with Crippen LogP contribution in [0.5, 0.6) is 0 Å². The summed E-state index contributed by atoms with van der Waals surface area (Å²) in [5, 5.41) is 0. The van der Waals surface area contributed by atoms with Crippen molar-refractivity contribution in [3.63, 3.8) is 0 Å². The molecule has 2 rings (SSSR count). The van der Waals surface area contributed by atoms with E-state index in [0.29, 0.717) is 23.5 Å². The van der Waals surface area contributed by atoms with Gasteiger partial charge in [-0.3, -0.25) is 0 Å². The predicted molar refractivity (Wildman–Crippen MR) is 82.4 cm³/mol. The second-order valence-corrected chi connectivity index (χ2v) is 8.54. The number of rotatable bonds is 2. The molecule has 19 heavy (non-hydrogen) atoms. The largest absolute Gasteiger partial charge is 0.326 e. The van der Waals surface area contributed by atoms with E-state index in [1.54, 1.807) is 18.2 Å². The van der Waals surface area contributed by atoms with Crippen LogP contribution in [-0.2, 0) is 10.0 Å². The summed E-state index contributed by atoms with van der Waals surface area (Å²) in [7, 11) is -3.48. The van der Waals surface area contributed by atoms with Crippen LogP contribution in [0, 0.1) is 5.92 Å². The van der Waals surface area contributed by atoms with Gasteiger partial charge in [-0.2, -0.15) is 4.31 Å². The molecule has 7 heteroatoms. The monoisotopic (exact) mass is 410 g/mol. The fourth-order valence-electron chi connectivity index (χ4n) is 2.11. The Morgan fingerprint density at radius 3 is 2.63 bits per heavy atom. The second kappa shape index (κ2) is 5.81. The first-order valence-electron chi connectivity index (χ1n) is 6.03. The van der Waals surface area contributed by atoms with Gasteiger partial charge in [0.15, 0.2) is 0 Å². The highest BCUT2D eigenvalue weighted by Crippen LogP contribution is 2.30. The summed E-state index contributed by atoms with van der Waals surface area (Å²) < 4.78 is 28.1. The first-order chi connectivity index (χ1) is 8.82. The Morgan fingerprint density at radius 2 is 2.05 bits per heavy atom. The molecule has 1 saturated heterocycles. The topological polar surface area (TPSA) is 63.4 Å². The minimum absolute atomic E-state index is 0.0993. The van der Waals surface area contributed by atoms with E-state index in [1.807, 2.05) is 0 Å². The number of hydrogen-bond donors (Lipinski definition) is 1. The van der Waals surface area contributed by atoms with Gasteiger partial charge in [0, 0.05) is 28.1 Å². The smallest absolute Gasteiger partial charge is 0.244 e. The van der Waals surface area contributed by atoms with Gasteiger partial charge in [-0.25, -0.2) is 8.42 Å². The third kappa shape index (κ3) is 3.21. The molecular formula is C12H16Br2N2O2S.